The van der Waals surface area contributed by atoms with Crippen LogP contribution in [0.15, 0.2) is 59.8 Å². The summed E-state index contributed by atoms with van der Waals surface area (Å²) in [5.74, 6) is 1.94. The van der Waals surface area contributed by atoms with E-state index in [1.165, 1.54) is 4.90 Å². The molecule has 0 aliphatic rings. The second kappa shape index (κ2) is 7.04. The van der Waals surface area contributed by atoms with Crippen LogP contribution in [0.4, 0.5) is 5.82 Å². The summed E-state index contributed by atoms with van der Waals surface area (Å²) in [6, 6.07) is 14.3. The van der Waals surface area contributed by atoms with Crippen molar-refractivity contribution < 1.29 is 0 Å². The third-order valence-electron chi connectivity index (χ3n) is 2.97. The summed E-state index contributed by atoms with van der Waals surface area (Å²) in [5.41, 5.74) is 1.50. The molecule has 0 radical (unpaired) electrons. The van der Waals surface area contributed by atoms with Gasteiger partial charge in [0, 0.05) is 23.8 Å². The normalized spacial score (nSPS) is 10.7. The van der Waals surface area contributed by atoms with Crippen LogP contribution in [0.5, 0.6) is 0 Å². The minimum Gasteiger partial charge on any atom is -0.370 e. The van der Waals surface area contributed by atoms with Crippen molar-refractivity contribution in [3.8, 4) is 0 Å². The van der Waals surface area contributed by atoms with Crippen LogP contribution in [0, 0.1) is 0 Å². The van der Waals surface area contributed by atoms with Gasteiger partial charge in [-0.2, -0.15) is 0 Å². The highest BCUT2D eigenvalue weighted by Crippen LogP contribution is 2.17. The Labute approximate surface area is 128 Å². The van der Waals surface area contributed by atoms with Gasteiger partial charge < -0.3 is 5.32 Å². The van der Waals surface area contributed by atoms with Gasteiger partial charge in [0.2, 0.25) is 0 Å². The van der Waals surface area contributed by atoms with Gasteiger partial charge in [-0.3, -0.25) is 4.98 Å². The van der Waals surface area contributed by atoms with Crippen LogP contribution in [-0.4, -0.2) is 27.2 Å². The van der Waals surface area contributed by atoms with E-state index in [0.29, 0.717) is 5.65 Å². The first-order valence-corrected chi connectivity index (χ1v) is 7.90. The van der Waals surface area contributed by atoms with Crippen molar-refractivity contribution >= 4 is 28.7 Å². The number of pyridine rings is 1. The van der Waals surface area contributed by atoms with E-state index in [9.17, 15) is 0 Å². The summed E-state index contributed by atoms with van der Waals surface area (Å²) >= 11 is 1.88. The molecule has 3 rings (SSSR count). The molecule has 0 saturated carbocycles. The quantitative estimate of drug-likeness (QED) is 0.556. The molecule has 5 heteroatoms. The Kier molecular flexibility index (Phi) is 4.63. The SMILES string of the molecule is c1ccc(SCCCNc2ccc3nccnc3n2)cc1. The van der Waals surface area contributed by atoms with Gasteiger partial charge >= 0.3 is 0 Å². The lowest BCUT2D eigenvalue weighted by molar-refractivity contribution is 0.981. The fourth-order valence-electron chi connectivity index (χ4n) is 1.95. The van der Waals surface area contributed by atoms with E-state index >= 15 is 0 Å². The fourth-order valence-corrected chi connectivity index (χ4v) is 2.82. The summed E-state index contributed by atoms with van der Waals surface area (Å²) in [4.78, 5) is 14.2. The Morgan fingerprint density at radius 2 is 1.81 bits per heavy atom. The van der Waals surface area contributed by atoms with Crippen LogP contribution in [0.1, 0.15) is 6.42 Å². The molecule has 0 atom stereocenters. The van der Waals surface area contributed by atoms with E-state index < -0.39 is 0 Å². The van der Waals surface area contributed by atoms with Gasteiger partial charge in [-0.1, -0.05) is 18.2 Å². The van der Waals surface area contributed by atoms with Crippen LogP contribution >= 0.6 is 11.8 Å². The van der Waals surface area contributed by atoms with Crippen LogP contribution < -0.4 is 5.32 Å². The highest BCUT2D eigenvalue weighted by molar-refractivity contribution is 7.99. The molecule has 0 unspecified atom stereocenters. The lowest BCUT2D eigenvalue weighted by atomic mass is 10.4. The molecule has 0 aliphatic carbocycles. The Balaban J connectivity index is 1.46. The molecule has 1 aromatic carbocycles. The number of fused-ring (bicyclic) bond motifs is 1. The average molecular weight is 296 g/mol. The van der Waals surface area contributed by atoms with E-state index in [2.05, 4.69) is 44.5 Å². The number of nitrogens with zero attached hydrogens (tertiary/aromatic N) is 3. The predicted octanol–water partition coefficient (Wildman–Crippen LogP) is 3.62. The molecule has 0 spiro atoms. The maximum Gasteiger partial charge on any atom is 0.180 e. The second-order valence-corrected chi connectivity index (χ2v) is 5.71. The van der Waals surface area contributed by atoms with E-state index in [4.69, 9.17) is 0 Å². The zero-order valence-corrected chi connectivity index (χ0v) is 12.4. The van der Waals surface area contributed by atoms with Gasteiger partial charge in [0.1, 0.15) is 11.3 Å². The topological polar surface area (TPSA) is 50.7 Å². The fraction of sp³-hybridized carbons (Fsp3) is 0.188. The Bertz CT molecular complexity index is 703. The summed E-state index contributed by atoms with van der Waals surface area (Å²) in [6.07, 6.45) is 4.42. The molecule has 0 saturated heterocycles. The first kappa shape index (κ1) is 13.8. The minimum absolute atomic E-state index is 0.682. The van der Waals surface area contributed by atoms with Crippen molar-refractivity contribution in [1.82, 2.24) is 15.0 Å². The molecular formula is C16H16N4S. The molecular weight excluding hydrogens is 280 g/mol. The number of anilines is 1. The number of rotatable bonds is 6. The van der Waals surface area contributed by atoms with Gasteiger partial charge in [0.15, 0.2) is 5.65 Å². The lowest BCUT2D eigenvalue weighted by Gasteiger charge is -2.06. The Morgan fingerprint density at radius 1 is 0.952 bits per heavy atom. The Morgan fingerprint density at radius 3 is 2.71 bits per heavy atom. The molecule has 3 aromatic rings. The zero-order valence-electron chi connectivity index (χ0n) is 11.6. The summed E-state index contributed by atoms with van der Waals surface area (Å²) in [6.45, 7) is 0.901. The number of hydrogen-bond donors (Lipinski definition) is 1. The molecule has 0 bridgehead atoms. The largest absolute Gasteiger partial charge is 0.370 e. The molecule has 2 heterocycles. The molecule has 21 heavy (non-hydrogen) atoms. The second-order valence-electron chi connectivity index (χ2n) is 4.54. The number of thioether (sulfide) groups is 1. The van der Waals surface area contributed by atoms with Gasteiger partial charge in [-0.25, -0.2) is 9.97 Å². The monoisotopic (exact) mass is 296 g/mol. The molecule has 4 nitrogen and oxygen atoms in total. The third-order valence-corrected chi connectivity index (χ3v) is 4.07. The zero-order chi connectivity index (χ0) is 14.3. The van der Waals surface area contributed by atoms with Crippen LogP contribution in [0.25, 0.3) is 11.2 Å². The molecule has 106 valence electrons. The van der Waals surface area contributed by atoms with Crippen LogP contribution in [0.3, 0.4) is 0 Å². The maximum absolute atomic E-state index is 4.44. The van der Waals surface area contributed by atoms with Crippen molar-refractivity contribution in [3.63, 3.8) is 0 Å². The first-order valence-electron chi connectivity index (χ1n) is 6.91. The van der Waals surface area contributed by atoms with Crippen molar-refractivity contribution in [2.45, 2.75) is 11.3 Å². The predicted molar refractivity (Wildman–Crippen MR) is 87.6 cm³/mol. The number of aromatic nitrogens is 3. The highest BCUT2D eigenvalue weighted by Gasteiger charge is 1.99. The lowest BCUT2D eigenvalue weighted by Crippen LogP contribution is -2.04. The van der Waals surface area contributed by atoms with Crippen molar-refractivity contribution in [2.75, 3.05) is 17.6 Å². The smallest absolute Gasteiger partial charge is 0.180 e. The maximum atomic E-state index is 4.44. The third kappa shape index (κ3) is 3.92. The standard InChI is InChI=1S/C16H16N4S/c1-2-5-13(6-3-1)21-12-4-9-18-15-8-7-14-16(20-15)19-11-10-17-14/h1-3,5-8,10-11H,4,9,12H2,(H,18,19,20). The molecule has 0 aliphatic heterocycles. The van der Waals surface area contributed by atoms with Crippen molar-refractivity contribution in [2.24, 2.45) is 0 Å². The molecule has 1 N–H and O–H groups in total. The van der Waals surface area contributed by atoms with Crippen LogP contribution in [-0.2, 0) is 0 Å². The first-order chi connectivity index (χ1) is 10.4. The van der Waals surface area contributed by atoms with Crippen molar-refractivity contribution in [1.29, 1.82) is 0 Å². The number of benzene rings is 1. The average Bonchev–Trinajstić information content (AvgIpc) is 2.55. The van der Waals surface area contributed by atoms with Gasteiger partial charge in [0.05, 0.1) is 0 Å². The van der Waals surface area contributed by atoms with E-state index in [1.54, 1.807) is 12.4 Å². The van der Waals surface area contributed by atoms with Crippen molar-refractivity contribution in [3.05, 3.63) is 54.9 Å². The minimum atomic E-state index is 0.682. The van der Waals surface area contributed by atoms with Gasteiger partial charge in [-0.05, 0) is 36.4 Å². The molecule has 0 fully saturated rings. The van der Waals surface area contributed by atoms with Crippen LogP contribution in [0.2, 0.25) is 0 Å². The summed E-state index contributed by atoms with van der Waals surface area (Å²) in [7, 11) is 0. The van der Waals surface area contributed by atoms with E-state index in [1.807, 2.05) is 30.0 Å². The number of nitrogens with one attached hydrogen (secondary N) is 1. The summed E-state index contributed by atoms with van der Waals surface area (Å²) in [5, 5.41) is 3.33. The highest BCUT2D eigenvalue weighted by atomic mass is 32.2. The van der Waals surface area contributed by atoms with E-state index in [-0.39, 0.29) is 0 Å². The Hall–Kier alpha value is -2.14. The molecule has 2 aromatic heterocycles. The summed E-state index contributed by atoms with van der Waals surface area (Å²) < 4.78 is 0. The van der Waals surface area contributed by atoms with Gasteiger partial charge in [0.25, 0.3) is 0 Å². The van der Waals surface area contributed by atoms with Gasteiger partial charge in [-0.15, -0.1) is 11.8 Å². The van der Waals surface area contributed by atoms with E-state index in [0.717, 1.165) is 30.1 Å². The number of hydrogen-bond acceptors (Lipinski definition) is 5. The molecule has 0 amide bonds.